The standard InChI is InChI=1S/C15H30N2O3/c1-3-4-6-17(13-14(2)15(18)19)8-5-7-16-9-11-20-12-10-16/h14H,3-13H2,1-2H3,(H,18,19). The Hall–Kier alpha value is -0.650. The van der Waals surface area contributed by atoms with E-state index in [0.717, 1.165) is 65.2 Å². The number of carboxylic acid groups (broad SMARTS) is 1. The predicted molar refractivity (Wildman–Crippen MR) is 80.0 cm³/mol. The van der Waals surface area contributed by atoms with Gasteiger partial charge in [-0.05, 0) is 32.5 Å². The number of hydrogen-bond acceptors (Lipinski definition) is 4. The Morgan fingerprint density at radius 1 is 1.30 bits per heavy atom. The van der Waals surface area contributed by atoms with Crippen molar-refractivity contribution in [2.45, 2.75) is 33.1 Å². The molecule has 0 amide bonds. The first kappa shape index (κ1) is 17.4. The zero-order valence-electron chi connectivity index (χ0n) is 13.0. The number of hydrogen-bond donors (Lipinski definition) is 1. The number of morpholine rings is 1. The summed E-state index contributed by atoms with van der Waals surface area (Å²) in [5, 5.41) is 9.04. The molecule has 0 aromatic carbocycles. The van der Waals surface area contributed by atoms with Crippen LogP contribution in [0.3, 0.4) is 0 Å². The van der Waals surface area contributed by atoms with Crippen molar-refractivity contribution < 1.29 is 14.6 Å². The van der Waals surface area contributed by atoms with Crippen LogP contribution in [0.2, 0.25) is 0 Å². The smallest absolute Gasteiger partial charge is 0.307 e. The third-order valence-electron chi connectivity index (χ3n) is 3.83. The molecule has 1 aliphatic rings. The molecule has 0 aromatic heterocycles. The molecule has 5 heteroatoms. The van der Waals surface area contributed by atoms with Crippen molar-refractivity contribution >= 4 is 5.97 Å². The van der Waals surface area contributed by atoms with Crippen LogP contribution >= 0.6 is 0 Å². The summed E-state index contributed by atoms with van der Waals surface area (Å²) in [6.07, 6.45) is 3.40. The second-order valence-electron chi connectivity index (χ2n) is 5.70. The molecule has 1 N–H and O–H groups in total. The van der Waals surface area contributed by atoms with E-state index in [2.05, 4.69) is 16.7 Å². The van der Waals surface area contributed by atoms with E-state index in [1.807, 2.05) is 0 Å². The molecule has 1 rings (SSSR count). The molecule has 5 nitrogen and oxygen atoms in total. The molecule has 1 fully saturated rings. The molecule has 0 saturated carbocycles. The molecule has 1 unspecified atom stereocenters. The van der Waals surface area contributed by atoms with Crippen LogP contribution in [0, 0.1) is 5.92 Å². The SMILES string of the molecule is CCCCN(CCCN1CCOCC1)CC(C)C(=O)O. The Bertz CT molecular complexity index is 268. The highest BCUT2D eigenvalue weighted by atomic mass is 16.5. The van der Waals surface area contributed by atoms with Gasteiger partial charge in [0.1, 0.15) is 0 Å². The third-order valence-corrected chi connectivity index (χ3v) is 3.83. The van der Waals surface area contributed by atoms with Crippen molar-refractivity contribution in [1.29, 1.82) is 0 Å². The molecule has 1 saturated heterocycles. The third kappa shape index (κ3) is 7.22. The number of carboxylic acids is 1. The average Bonchev–Trinajstić information content (AvgIpc) is 2.45. The van der Waals surface area contributed by atoms with E-state index in [1.165, 1.54) is 0 Å². The van der Waals surface area contributed by atoms with Crippen molar-refractivity contribution in [3.8, 4) is 0 Å². The lowest BCUT2D eigenvalue weighted by molar-refractivity contribution is -0.141. The van der Waals surface area contributed by atoms with E-state index in [1.54, 1.807) is 6.92 Å². The fourth-order valence-electron chi connectivity index (χ4n) is 2.48. The van der Waals surface area contributed by atoms with E-state index < -0.39 is 5.97 Å². The topological polar surface area (TPSA) is 53.0 Å². The molecular formula is C15H30N2O3. The van der Waals surface area contributed by atoms with Crippen LogP contribution < -0.4 is 0 Å². The number of ether oxygens (including phenoxy) is 1. The van der Waals surface area contributed by atoms with Crippen LogP contribution in [0.1, 0.15) is 33.1 Å². The highest BCUT2D eigenvalue weighted by Crippen LogP contribution is 2.05. The molecule has 0 bridgehead atoms. The van der Waals surface area contributed by atoms with Crippen LogP contribution in [0.4, 0.5) is 0 Å². The normalized spacial score (nSPS) is 18.4. The Kier molecular flexibility index (Phi) is 8.82. The molecule has 0 aliphatic carbocycles. The maximum atomic E-state index is 11.0. The van der Waals surface area contributed by atoms with Crippen LogP contribution in [0.15, 0.2) is 0 Å². The van der Waals surface area contributed by atoms with Gasteiger partial charge in [0.15, 0.2) is 0 Å². The Labute approximate surface area is 122 Å². The van der Waals surface area contributed by atoms with Crippen LogP contribution in [-0.2, 0) is 9.53 Å². The highest BCUT2D eigenvalue weighted by Gasteiger charge is 2.16. The summed E-state index contributed by atoms with van der Waals surface area (Å²) in [6.45, 7) is 11.5. The monoisotopic (exact) mass is 286 g/mol. The van der Waals surface area contributed by atoms with E-state index >= 15 is 0 Å². The zero-order valence-corrected chi connectivity index (χ0v) is 13.0. The minimum absolute atomic E-state index is 0.282. The quantitative estimate of drug-likeness (QED) is 0.660. The van der Waals surface area contributed by atoms with Gasteiger partial charge in [-0.3, -0.25) is 9.69 Å². The van der Waals surface area contributed by atoms with Gasteiger partial charge in [0.05, 0.1) is 19.1 Å². The summed E-state index contributed by atoms with van der Waals surface area (Å²) < 4.78 is 5.34. The predicted octanol–water partition coefficient (Wildman–Crippen LogP) is 1.53. The van der Waals surface area contributed by atoms with E-state index in [0.29, 0.717) is 6.54 Å². The number of nitrogens with zero attached hydrogens (tertiary/aromatic N) is 2. The summed E-state index contributed by atoms with van der Waals surface area (Å²) in [5.41, 5.74) is 0. The van der Waals surface area contributed by atoms with Gasteiger partial charge < -0.3 is 14.7 Å². The second-order valence-corrected chi connectivity index (χ2v) is 5.70. The lowest BCUT2D eigenvalue weighted by atomic mass is 10.1. The van der Waals surface area contributed by atoms with Gasteiger partial charge >= 0.3 is 5.97 Å². The summed E-state index contributed by atoms with van der Waals surface area (Å²) in [7, 11) is 0. The maximum Gasteiger partial charge on any atom is 0.307 e. The Morgan fingerprint density at radius 2 is 1.95 bits per heavy atom. The first-order valence-electron chi connectivity index (χ1n) is 7.88. The molecular weight excluding hydrogens is 256 g/mol. The lowest BCUT2D eigenvalue weighted by Crippen LogP contribution is -2.39. The minimum Gasteiger partial charge on any atom is -0.481 e. The highest BCUT2D eigenvalue weighted by molar-refractivity contribution is 5.69. The molecule has 1 aliphatic heterocycles. The van der Waals surface area contributed by atoms with Crippen molar-refractivity contribution in [3.05, 3.63) is 0 Å². The van der Waals surface area contributed by atoms with Crippen LogP contribution in [0.25, 0.3) is 0 Å². The van der Waals surface area contributed by atoms with Gasteiger partial charge in [-0.1, -0.05) is 20.3 Å². The van der Waals surface area contributed by atoms with Crippen molar-refractivity contribution in [1.82, 2.24) is 9.80 Å². The van der Waals surface area contributed by atoms with Crippen LogP contribution in [-0.4, -0.2) is 73.4 Å². The van der Waals surface area contributed by atoms with Gasteiger partial charge in [0.2, 0.25) is 0 Å². The van der Waals surface area contributed by atoms with Gasteiger partial charge in [0, 0.05) is 19.6 Å². The van der Waals surface area contributed by atoms with Gasteiger partial charge in [0.25, 0.3) is 0 Å². The van der Waals surface area contributed by atoms with E-state index in [-0.39, 0.29) is 5.92 Å². The number of carbonyl (C=O) groups is 1. The number of unbranched alkanes of at least 4 members (excludes halogenated alkanes) is 1. The maximum absolute atomic E-state index is 11.0. The molecule has 118 valence electrons. The van der Waals surface area contributed by atoms with E-state index in [9.17, 15) is 4.79 Å². The van der Waals surface area contributed by atoms with E-state index in [4.69, 9.17) is 9.84 Å². The first-order valence-corrected chi connectivity index (χ1v) is 7.88. The van der Waals surface area contributed by atoms with Gasteiger partial charge in [-0.25, -0.2) is 0 Å². The molecule has 1 heterocycles. The summed E-state index contributed by atoms with van der Waals surface area (Å²) in [4.78, 5) is 15.7. The summed E-state index contributed by atoms with van der Waals surface area (Å²) >= 11 is 0. The first-order chi connectivity index (χ1) is 9.63. The van der Waals surface area contributed by atoms with Crippen molar-refractivity contribution in [3.63, 3.8) is 0 Å². The molecule has 20 heavy (non-hydrogen) atoms. The Morgan fingerprint density at radius 3 is 2.55 bits per heavy atom. The fourth-order valence-corrected chi connectivity index (χ4v) is 2.48. The average molecular weight is 286 g/mol. The minimum atomic E-state index is -0.695. The second kappa shape index (κ2) is 10.1. The Balaban J connectivity index is 2.25. The molecule has 0 spiro atoms. The molecule has 0 aromatic rings. The fraction of sp³-hybridized carbons (Fsp3) is 0.933. The van der Waals surface area contributed by atoms with Gasteiger partial charge in [-0.2, -0.15) is 0 Å². The lowest BCUT2D eigenvalue weighted by Gasteiger charge is -2.28. The van der Waals surface area contributed by atoms with Crippen LogP contribution in [0.5, 0.6) is 0 Å². The van der Waals surface area contributed by atoms with Crippen molar-refractivity contribution in [2.24, 2.45) is 5.92 Å². The van der Waals surface area contributed by atoms with Gasteiger partial charge in [-0.15, -0.1) is 0 Å². The summed E-state index contributed by atoms with van der Waals surface area (Å²) in [5.74, 6) is -0.977. The number of aliphatic carboxylic acids is 1. The molecule has 0 radical (unpaired) electrons. The zero-order chi connectivity index (χ0) is 14.8. The number of rotatable bonds is 10. The largest absolute Gasteiger partial charge is 0.481 e. The van der Waals surface area contributed by atoms with Crippen molar-refractivity contribution in [2.75, 3.05) is 52.5 Å². The molecule has 1 atom stereocenters. The summed E-state index contributed by atoms with van der Waals surface area (Å²) in [6, 6.07) is 0.